The number of hydrogen-bond donors (Lipinski definition) is 1. The van der Waals surface area contributed by atoms with Gasteiger partial charge in [-0.05, 0) is 48.0 Å². The zero-order valence-electron chi connectivity index (χ0n) is 12.5. The van der Waals surface area contributed by atoms with Crippen LogP contribution in [0.2, 0.25) is 0 Å². The number of benzene rings is 2. The molecule has 2 amide bonds. The van der Waals surface area contributed by atoms with Gasteiger partial charge in [0.25, 0.3) is 5.91 Å². The Morgan fingerprint density at radius 2 is 1.70 bits per heavy atom. The maximum absolute atomic E-state index is 12.5. The Morgan fingerprint density at radius 1 is 1.04 bits per heavy atom. The van der Waals surface area contributed by atoms with Gasteiger partial charge in [0.15, 0.2) is 0 Å². The number of rotatable bonds is 3. The van der Waals surface area contributed by atoms with Gasteiger partial charge in [-0.25, -0.2) is 4.90 Å². The molecule has 1 aliphatic heterocycles. The maximum atomic E-state index is 12.5. The smallest absolute Gasteiger partial charge is 0.261 e. The highest BCUT2D eigenvalue weighted by Crippen LogP contribution is 2.28. The second-order valence-corrected chi connectivity index (χ2v) is 5.17. The fourth-order valence-electron chi connectivity index (χ4n) is 2.45. The van der Waals surface area contributed by atoms with Crippen molar-refractivity contribution >= 4 is 23.6 Å². The summed E-state index contributed by atoms with van der Waals surface area (Å²) in [6, 6.07) is 13.2. The standard InChI is InChI=1S/C18H15NO4/c1-23-16-8-4-14(5-9-16)19-17(21)11-13(18(19)22)10-12-2-6-15(20)7-3-12/h2-10,20H,11H2,1H3. The fraction of sp³-hybridized carbons (Fsp3) is 0.111. The average molecular weight is 309 g/mol. The molecule has 0 saturated carbocycles. The zero-order valence-corrected chi connectivity index (χ0v) is 12.5. The fourth-order valence-corrected chi connectivity index (χ4v) is 2.45. The van der Waals surface area contributed by atoms with Gasteiger partial charge in [-0.15, -0.1) is 0 Å². The van der Waals surface area contributed by atoms with Crippen molar-refractivity contribution in [3.8, 4) is 11.5 Å². The van der Waals surface area contributed by atoms with E-state index < -0.39 is 0 Å². The van der Waals surface area contributed by atoms with E-state index in [1.165, 1.54) is 17.0 Å². The Bertz CT molecular complexity index is 776. The number of ether oxygens (including phenoxy) is 1. The van der Waals surface area contributed by atoms with Crippen molar-refractivity contribution < 1.29 is 19.4 Å². The Kier molecular flexibility index (Phi) is 3.85. The van der Waals surface area contributed by atoms with Crippen molar-refractivity contribution in [3.63, 3.8) is 0 Å². The predicted octanol–water partition coefficient (Wildman–Crippen LogP) is 2.75. The molecule has 5 nitrogen and oxygen atoms in total. The molecule has 0 bridgehead atoms. The van der Waals surface area contributed by atoms with Crippen LogP contribution in [0.1, 0.15) is 12.0 Å². The van der Waals surface area contributed by atoms with Crippen LogP contribution in [0.15, 0.2) is 54.1 Å². The lowest BCUT2D eigenvalue weighted by atomic mass is 10.1. The Hall–Kier alpha value is -3.08. The van der Waals surface area contributed by atoms with Gasteiger partial charge in [0, 0.05) is 5.57 Å². The highest BCUT2D eigenvalue weighted by molar-refractivity contribution is 6.29. The van der Waals surface area contributed by atoms with Gasteiger partial charge in [0.1, 0.15) is 11.5 Å². The second kappa shape index (κ2) is 5.96. The van der Waals surface area contributed by atoms with Crippen LogP contribution in [0.3, 0.4) is 0 Å². The Balaban J connectivity index is 1.88. The molecule has 2 aromatic rings. The van der Waals surface area contributed by atoms with Crippen molar-refractivity contribution in [1.29, 1.82) is 0 Å². The van der Waals surface area contributed by atoms with Crippen LogP contribution in [-0.2, 0) is 9.59 Å². The molecule has 5 heteroatoms. The molecule has 0 atom stereocenters. The summed E-state index contributed by atoms with van der Waals surface area (Å²) in [5.41, 5.74) is 1.71. The van der Waals surface area contributed by atoms with E-state index in [-0.39, 0.29) is 24.0 Å². The number of methoxy groups -OCH3 is 1. The Labute approximate surface area is 133 Å². The summed E-state index contributed by atoms with van der Waals surface area (Å²) in [5.74, 6) is 0.229. The van der Waals surface area contributed by atoms with Gasteiger partial charge in [-0.3, -0.25) is 9.59 Å². The van der Waals surface area contributed by atoms with Gasteiger partial charge in [0.05, 0.1) is 19.2 Å². The summed E-state index contributed by atoms with van der Waals surface area (Å²) in [6.07, 6.45) is 1.73. The molecule has 0 unspecified atom stereocenters. The molecule has 0 aromatic heterocycles. The number of anilines is 1. The minimum Gasteiger partial charge on any atom is -0.508 e. The van der Waals surface area contributed by atoms with E-state index in [2.05, 4.69) is 0 Å². The molecule has 1 saturated heterocycles. The quantitative estimate of drug-likeness (QED) is 0.699. The van der Waals surface area contributed by atoms with Crippen molar-refractivity contribution in [2.24, 2.45) is 0 Å². The van der Waals surface area contributed by atoms with E-state index in [1.807, 2.05) is 0 Å². The molecule has 1 heterocycles. The van der Waals surface area contributed by atoms with Gasteiger partial charge >= 0.3 is 0 Å². The molecule has 0 radical (unpaired) electrons. The van der Waals surface area contributed by atoms with Crippen LogP contribution in [0.4, 0.5) is 5.69 Å². The lowest BCUT2D eigenvalue weighted by Crippen LogP contribution is -2.28. The van der Waals surface area contributed by atoms with E-state index >= 15 is 0 Å². The van der Waals surface area contributed by atoms with Crippen LogP contribution < -0.4 is 9.64 Å². The topological polar surface area (TPSA) is 66.8 Å². The first-order valence-electron chi connectivity index (χ1n) is 7.09. The van der Waals surface area contributed by atoms with Gasteiger partial charge in [-0.1, -0.05) is 12.1 Å². The zero-order chi connectivity index (χ0) is 16.4. The number of carbonyl (C=O) groups is 2. The first-order chi connectivity index (χ1) is 11.1. The first-order valence-corrected chi connectivity index (χ1v) is 7.09. The molecule has 3 rings (SSSR count). The summed E-state index contributed by atoms with van der Waals surface area (Å²) in [4.78, 5) is 25.9. The van der Waals surface area contributed by atoms with E-state index in [4.69, 9.17) is 4.74 Å². The summed E-state index contributed by atoms with van der Waals surface area (Å²) in [5, 5.41) is 9.28. The second-order valence-electron chi connectivity index (χ2n) is 5.17. The van der Waals surface area contributed by atoms with Crippen LogP contribution in [0.5, 0.6) is 11.5 Å². The number of imide groups is 1. The van der Waals surface area contributed by atoms with E-state index in [9.17, 15) is 14.7 Å². The van der Waals surface area contributed by atoms with Crippen molar-refractivity contribution in [1.82, 2.24) is 0 Å². The highest BCUT2D eigenvalue weighted by atomic mass is 16.5. The summed E-state index contributed by atoms with van der Waals surface area (Å²) >= 11 is 0. The van der Waals surface area contributed by atoms with Crippen LogP contribution in [-0.4, -0.2) is 24.0 Å². The summed E-state index contributed by atoms with van der Waals surface area (Å²) in [7, 11) is 1.56. The number of amides is 2. The third-order valence-electron chi connectivity index (χ3n) is 3.63. The maximum Gasteiger partial charge on any atom is 0.261 e. The number of nitrogens with zero attached hydrogens (tertiary/aromatic N) is 1. The van der Waals surface area contributed by atoms with Crippen molar-refractivity contribution in [2.45, 2.75) is 6.42 Å². The average Bonchev–Trinajstić information content (AvgIpc) is 2.84. The molecule has 2 aromatic carbocycles. The van der Waals surface area contributed by atoms with Crippen molar-refractivity contribution in [2.75, 3.05) is 12.0 Å². The predicted molar refractivity (Wildman–Crippen MR) is 86.2 cm³/mol. The molecule has 116 valence electrons. The molecule has 0 spiro atoms. The molecule has 1 fully saturated rings. The van der Waals surface area contributed by atoms with Crippen LogP contribution >= 0.6 is 0 Å². The monoisotopic (exact) mass is 309 g/mol. The minimum atomic E-state index is -0.326. The lowest BCUT2D eigenvalue weighted by Gasteiger charge is -2.13. The minimum absolute atomic E-state index is 0.0612. The highest BCUT2D eigenvalue weighted by Gasteiger charge is 2.34. The van der Waals surface area contributed by atoms with E-state index in [1.54, 1.807) is 49.6 Å². The van der Waals surface area contributed by atoms with Crippen molar-refractivity contribution in [3.05, 3.63) is 59.7 Å². The molecular formula is C18H15NO4. The molecule has 0 aliphatic carbocycles. The number of aromatic hydroxyl groups is 1. The van der Waals surface area contributed by atoms with Crippen LogP contribution in [0.25, 0.3) is 6.08 Å². The van der Waals surface area contributed by atoms with E-state index in [0.717, 1.165) is 5.56 Å². The van der Waals surface area contributed by atoms with Gasteiger partial charge < -0.3 is 9.84 Å². The third-order valence-corrected chi connectivity index (χ3v) is 3.63. The number of hydrogen-bond acceptors (Lipinski definition) is 4. The number of phenols is 1. The van der Waals surface area contributed by atoms with Gasteiger partial charge in [-0.2, -0.15) is 0 Å². The molecule has 1 N–H and O–H groups in total. The summed E-state index contributed by atoms with van der Waals surface area (Å²) < 4.78 is 5.08. The molecular weight excluding hydrogens is 294 g/mol. The largest absolute Gasteiger partial charge is 0.508 e. The number of carbonyl (C=O) groups excluding carboxylic acids is 2. The molecule has 1 aliphatic rings. The molecule has 23 heavy (non-hydrogen) atoms. The third kappa shape index (κ3) is 2.94. The van der Waals surface area contributed by atoms with E-state index in [0.29, 0.717) is 17.0 Å². The lowest BCUT2D eigenvalue weighted by molar-refractivity contribution is -0.120. The van der Waals surface area contributed by atoms with Gasteiger partial charge in [0.2, 0.25) is 5.91 Å². The first kappa shape index (κ1) is 14.8. The SMILES string of the molecule is COc1ccc(N2C(=O)CC(=Cc3ccc(O)cc3)C2=O)cc1. The van der Waals surface area contributed by atoms with Crippen LogP contribution in [0, 0.1) is 0 Å². The normalized spacial score (nSPS) is 16.2. The summed E-state index contributed by atoms with van der Waals surface area (Å²) in [6.45, 7) is 0. The number of phenolic OH excluding ortho intramolecular Hbond substituents is 1. The Morgan fingerprint density at radius 3 is 2.30 bits per heavy atom.